The number of hydrogen-bond acceptors (Lipinski definition) is 2. The molecule has 5 heteroatoms. The molecule has 0 saturated carbocycles. The molecule has 0 atom stereocenters. The Balaban J connectivity index is 2.62. The van der Waals surface area contributed by atoms with E-state index in [1.165, 1.54) is 6.08 Å². The van der Waals surface area contributed by atoms with Gasteiger partial charge in [-0.25, -0.2) is 9.59 Å². The third-order valence-corrected chi connectivity index (χ3v) is 2.08. The van der Waals surface area contributed by atoms with E-state index in [-0.39, 0.29) is 11.6 Å². The summed E-state index contributed by atoms with van der Waals surface area (Å²) in [5.41, 5.74) is 1.10. The van der Waals surface area contributed by atoms with Crippen molar-refractivity contribution in [1.29, 1.82) is 0 Å². The second-order valence-corrected chi connectivity index (χ2v) is 5.12. The van der Waals surface area contributed by atoms with E-state index in [0.717, 1.165) is 11.6 Å². The van der Waals surface area contributed by atoms with Gasteiger partial charge in [0.15, 0.2) is 0 Å². The first-order valence-electron chi connectivity index (χ1n) is 5.86. The van der Waals surface area contributed by atoms with Gasteiger partial charge >= 0.3 is 12.0 Å². The minimum Gasteiger partial charge on any atom is -0.478 e. The third-order valence-electron chi connectivity index (χ3n) is 2.08. The highest BCUT2D eigenvalue weighted by atomic mass is 16.4. The highest BCUT2D eigenvalue weighted by molar-refractivity contribution is 5.90. The van der Waals surface area contributed by atoms with Crippen molar-refractivity contribution in [3.8, 4) is 0 Å². The summed E-state index contributed by atoms with van der Waals surface area (Å²) < 4.78 is 0. The summed E-state index contributed by atoms with van der Waals surface area (Å²) in [5.74, 6) is -0.994. The number of carbonyl (C=O) groups excluding carboxylic acids is 1. The minimum atomic E-state index is -0.994. The first-order chi connectivity index (χ1) is 8.76. The van der Waals surface area contributed by atoms with E-state index < -0.39 is 5.97 Å². The van der Waals surface area contributed by atoms with Crippen LogP contribution < -0.4 is 10.6 Å². The number of benzene rings is 1. The van der Waals surface area contributed by atoms with Crippen molar-refractivity contribution in [2.75, 3.05) is 5.32 Å². The van der Waals surface area contributed by atoms with E-state index in [0.29, 0.717) is 5.69 Å². The fourth-order valence-corrected chi connectivity index (χ4v) is 1.35. The van der Waals surface area contributed by atoms with E-state index in [9.17, 15) is 9.59 Å². The summed E-state index contributed by atoms with van der Waals surface area (Å²) in [7, 11) is 0. The Kier molecular flexibility index (Phi) is 4.69. The molecule has 0 aromatic heterocycles. The van der Waals surface area contributed by atoms with Crippen molar-refractivity contribution in [2.45, 2.75) is 26.3 Å². The van der Waals surface area contributed by atoms with Crippen molar-refractivity contribution < 1.29 is 14.7 Å². The Hall–Kier alpha value is -2.30. The molecule has 1 rings (SSSR count). The smallest absolute Gasteiger partial charge is 0.328 e. The molecule has 2 amide bonds. The lowest BCUT2D eigenvalue weighted by Crippen LogP contribution is -2.43. The van der Waals surface area contributed by atoms with Crippen LogP contribution in [0.15, 0.2) is 30.3 Å². The summed E-state index contributed by atoms with van der Waals surface area (Å²) >= 11 is 0. The molecule has 0 aliphatic carbocycles. The van der Waals surface area contributed by atoms with Crippen molar-refractivity contribution in [1.82, 2.24) is 5.32 Å². The zero-order valence-electron chi connectivity index (χ0n) is 11.2. The van der Waals surface area contributed by atoms with Gasteiger partial charge in [0.2, 0.25) is 0 Å². The Morgan fingerprint density at radius 3 is 2.21 bits per heavy atom. The van der Waals surface area contributed by atoms with Gasteiger partial charge in [0.1, 0.15) is 0 Å². The van der Waals surface area contributed by atoms with Crippen LogP contribution in [0.4, 0.5) is 10.5 Å². The van der Waals surface area contributed by atoms with Gasteiger partial charge in [0, 0.05) is 17.3 Å². The number of rotatable bonds is 3. The van der Waals surface area contributed by atoms with Crippen LogP contribution >= 0.6 is 0 Å². The topological polar surface area (TPSA) is 78.4 Å². The largest absolute Gasteiger partial charge is 0.478 e. The molecular formula is C14H18N2O3. The van der Waals surface area contributed by atoms with Crippen LogP contribution in [0, 0.1) is 0 Å². The van der Waals surface area contributed by atoms with Gasteiger partial charge in [-0.3, -0.25) is 0 Å². The van der Waals surface area contributed by atoms with Crippen molar-refractivity contribution in [3.05, 3.63) is 35.9 Å². The van der Waals surface area contributed by atoms with E-state index in [1.54, 1.807) is 24.3 Å². The summed E-state index contributed by atoms with van der Waals surface area (Å²) in [6.45, 7) is 5.69. The lowest BCUT2D eigenvalue weighted by atomic mass is 10.1. The predicted octanol–water partition coefficient (Wildman–Crippen LogP) is 2.70. The van der Waals surface area contributed by atoms with Crippen molar-refractivity contribution in [3.63, 3.8) is 0 Å². The maximum absolute atomic E-state index is 11.6. The molecule has 1 aromatic carbocycles. The molecule has 3 N–H and O–H groups in total. The molecule has 19 heavy (non-hydrogen) atoms. The van der Waals surface area contributed by atoms with Gasteiger partial charge in [0.05, 0.1) is 0 Å². The van der Waals surface area contributed by atoms with Crippen LogP contribution in [0.5, 0.6) is 0 Å². The van der Waals surface area contributed by atoms with Gasteiger partial charge in [-0.1, -0.05) is 12.1 Å². The predicted molar refractivity (Wildman–Crippen MR) is 75.0 cm³/mol. The van der Waals surface area contributed by atoms with Crippen LogP contribution in [0.1, 0.15) is 26.3 Å². The molecule has 0 saturated heterocycles. The Bertz CT molecular complexity index is 484. The van der Waals surface area contributed by atoms with Gasteiger partial charge in [-0.05, 0) is 44.5 Å². The number of hydrogen-bond donors (Lipinski definition) is 3. The molecule has 102 valence electrons. The number of carbonyl (C=O) groups is 2. The number of urea groups is 1. The van der Waals surface area contributed by atoms with E-state index in [2.05, 4.69) is 10.6 Å². The number of carboxylic acids is 1. The van der Waals surface area contributed by atoms with Crippen molar-refractivity contribution in [2.24, 2.45) is 0 Å². The Morgan fingerprint density at radius 2 is 1.74 bits per heavy atom. The first kappa shape index (κ1) is 14.8. The van der Waals surface area contributed by atoms with E-state index in [1.807, 2.05) is 20.8 Å². The maximum Gasteiger partial charge on any atom is 0.328 e. The molecule has 0 heterocycles. The normalized spacial score (nSPS) is 11.3. The van der Waals surface area contributed by atoms with Gasteiger partial charge in [-0.15, -0.1) is 0 Å². The van der Waals surface area contributed by atoms with Crippen molar-refractivity contribution >= 4 is 23.8 Å². The zero-order valence-corrected chi connectivity index (χ0v) is 11.2. The van der Waals surface area contributed by atoms with E-state index >= 15 is 0 Å². The third kappa shape index (κ3) is 6.26. The summed E-state index contributed by atoms with van der Waals surface area (Å²) in [6.07, 6.45) is 2.55. The molecule has 1 aromatic rings. The average molecular weight is 262 g/mol. The van der Waals surface area contributed by atoms with Gasteiger partial charge in [0.25, 0.3) is 0 Å². The SMILES string of the molecule is CC(C)(C)NC(=O)Nc1ccc(/C=C/C(=O)O)cc1. The van der Waals surface area contributed by atoms with Crippen LogP contribution in [0.25, 0.3) is 6.08 Å². The fourth-order valence-electron chi connectivity index (χ4n) is 1.35. The summed E-state index contributed by atoms with van der Waals surface area (Å²) in [5, 5.41) is 14.0. The van der Waals surface area contributed by atoms with Gasteiger partial charge in [-0.2, -0.15) is 0 Å². The average Bonchev–Trinajstić information content (AvgIpc) is 2.25. The lowest BCUT2D eigenvalue weighted by Gasteiger charge is -2.20. The lowest BCUT2D eigenvalue weighted by molar-refractivity contribution is -0.131. The quantitative estimate of drug-likeness (QED) is 0.733. The molecular weight excluding hydrogens is 244 g/mol. The standard InChI is InChI=1S/C14H18N2O3/c1-14(2,3)16-13(19)15-11-7-4-10(5-8-11)6-9-12(17)18/h4-9H,1-3H3,(H,17,18)(H2,15,16,19)/b9-6+. The van der Waals surface area contributed by atoms with Crippen LogP contribution in [-0.4, -0.2) is 22.6 Å². The molecule has 0 fully saturated rings. The Labute approximate surface area is 112 Å². The second-order valence-electron chi connectivity index (χ2n) is 5.12. The zero-order chi connectivity index (χ0) is 14.5. The maximum atomic E-state index is 11.6. The molecule has 0 radical (unpaired) electrons. The number of nitrogens with one attached hydrogen (secondary N) is 2. The number of carboxylic acid groups (broad SMARTS) is 1. The molecule has 0 unspecified atom stereocenters. The van der Waals surface area contributed by atoms with Crippen LogP contribution in [0.2, 0.25) is 0 Å². The monoisotopic (exact) mass is 262 g/mol. The van der Waals surface area contributed by atoms with E-state index in [4.69, 9.17) is 5.11 Å². The fraction of sp³-hybridized carbons (Fsp3) is 0.286. The second kappa shape index (κ2) is 6.04. The van der Waals surface area contributed by atoms with Crippen LogP contribution in [-0.2, 0) is 4.79 Å². The molecule has 0 aliphatic heterocycles. The molecule has 0 bridgehead atoms. The van der Waals surface area contributed by atoms with Crippen LogP contribution in [0.3, 0.4) is 0 Å². The number of aliphatic carboxylic acids is 1. The number of amides is 2. The number of anilines is 1. The first-order valence-corrected chi connectivity index (χ1v) is 5.86. The minimum absolute atomic E-state index is 0.277. The highest BCUT2D eigenvalue weighted by Crippen LogP contribution is 2.11. The summed E-state index contributed by atoms with van der Waals surface area (Å²) in [6, 6.07) is 6.60. The molecule has 0 aliphatic rings. The summed E-state index contributed by atoms with van der Waals surface area (Å²) in [4.78, 5) is 22.0. The highest BCUT2D eigenvalue weighted by Gasteiger charge is 2.13. The molecule has 5 nitrogen and oxygen atoms in total. The molecule has 0 spiro atoms. The Morgan fingerprint density at radius 1 is 1.16 bits per heavy atom. The van der Waals surface area contributed by atoms with Gasteiger partial charge < -0.3 is 15.7 Å².